The lowest BCUT2D eigenvalue weighted by molar-refractivity contribution is 0.0685. The molecule has 0 atom stereocenters. The van der Waals surface area contributed by atoms with Gasteiger partial charge in [-0.15, -0.1) is 0 Å². The van der Waals surface area contributed by atoms with Crippen LogP contribution < -0.4 is 16.0 Å². The van der Waals surface area contributed by atoms with Crippen LogP contribution in [0, 0.1) is 0 Å². The van der Waals surface area contributed by atoms with E-state index in [0.717, 1.165) is 4.57 Å². The molecule has 0 aliphatic heterocycles. The molecule has 2 rings (SSSR count). The Kier molecular flexibility index (Phi) is 3.75. The van der Waals surface area contributed by atoms with Crippen molar-refractivity contribution in [1.29, 1.82) is 0 Å². The van der Waals surface area contributed by atoms with E-state index in [9.17, 15) is 19.5 Å². The Bertz CT molecular complexity index is 776. The third-order valence-corrected chi connectivity index (χ3v) is 3.32. The smallest absolute Gasteiger partial charge is 0.354 e. The number of carboxylic acids is 1. The summed E-state index contributed by atoms with van der Waals surface area (Å²) in [7, 11) is 1.49. The van der Waals surface area contributed by atoms with E-state index in [-0.39, 0.29) is 4.47 Å². The summed E-state index contributed by atoms with van der Waals surface area (Å²) >= 11 is 2.88. The normalized spacial score (nSPS) is 10.3. The Balaban J connectivity index is 2.78. The molecule has 0 radical (unpaired) electrons. The van der Waals surface area contributed by atoms with Crippen molar-refractivity contribution in [2.24, 2.45) is 0 Å². The molecule has 1 heterocycles. The number of ether oxygens (including phenoxy) is 1. The van der Waals surface area contributed by atoms with Gasteiger partial charge in [0.05, 0.1) is 12.8 Å². The van der Waals surface area contributed by atoms with E-state index in [1.165, 1.54) is 19.2 Å². The highest BCUT2D eigenvalue weighted by Crippen LogP contribution is 2.17. The third-order valence-electron chi connectivity index (χ3n) is 2.59. The minimum absolute atomic E-state index is 0.222. The number of H-pyrrole nitrogens is 1. The predicted octanol–water partition coefficient (Wildman–Crippen LogP) is 0.995. The van der Waals surface area contributed by atoms with Gasteiger partial charge in [-0.3, -0.25) is 14.3 Å². The van der Waals surface area contributed by atoms with Gasteiger partial charge in [-0.2, -0.15) is 0 Å². The lowest BCUT2D eigenvalue weighted by Crippen LogP contribution is -2.34. The predicted molar refractivity (Wildman–Crippen MR) is 73.9 cm³/mol. The first-order chi connectivity index (χ1) is 9.45. The molecule has 2 N–H and O–H groups in total. The number of carboxylic acid groups (broad SMARTS) is 1. The number of hydrogen-bond donors (Lipinski definition) is 2. The number of aromatic amines is 1. The molecule has 1 aromatic carbocycles. The summed E-state index contributed by atoms with van der Waals surface area (Å²) in [6, 6.07) is 6.17. The molecule has 0 aliphatic carbocycles. The number of nitrogens with one attached hydrogen (secondary N) is 1. The standard InChI is InChI=1S/C12H9BrN2O5/c1-20-7-4-2-6(3-5-7)15-9(11(17)18)8(13)10(16)14-12(15)19/h2-5H,1H3,(H,17,18)(H,14,16,19). The van der Waals surface area contributed by atoms with E-state index in [2.05, 4.69) is 15.9 Å². The van der Waals surface area contributed by atoms with Crippen molar-refractivity contribution in [2.45, 2.75) is 0 Å². The highest BCUT2D eigenvalue weighted by Gasteiger charge is 2.20. The van der Waals surface area contributed by atoms with Gasteiger partial charge in [0, 0.05) is 0 Å². The minimum Gasteiger partial charge on any atom is -0.497 e. The van der Waals surface area contributed by atoms with Gasteiger partial charge in [-0.1, -0.05) is 0 Å². The van der Waals surface area contributed by atoms with Crippen LogP contribution in [0.2, 0.25) is 0 Å². The number of methoxy groups -OCH3 is 1. The number of nitrogens with zero attached hydrogens (tertiary/aromatic N) is 1. The number of aromatic nitrogens is 2. The van der Waals surface area contributed by atoms with Crippen molar-refractivity contribution >= 4 is 21.9 Å². The maximum atomic E-state index is 11.9. The summed E-state index contributed by atoms with van der Waals surface area (Å²) in [5.74, 6) is -0.835. The van der Waals surface area contributed by atoms with E-state index < -0.39 is 22.9 Å². The maximum absolute atomic E-state index is 11.9. The lowest BCUT2D eigenvalue weighted by atomic mass is 10.2. The number of carbonyl (C=O) groups is 1. The Morgan fingerprint density at radius 2 is 1.90 bits per heavy atom. The van der Waals surface area contributed by atoms with Crippen LogP contribution in [0.4, 0.5) is 0 Å². The van der Waals surface area contributed by atoms with Gasteiger partial charge in [-0.05, 0) is 40.2 Å². The van der Waals surface area contributed by atoms with Crippen LogP contribution in [-0.4, -0.2) is 27.7 Å². The molecule has 2 aromatic rings. The number of hydrogen-bond acceptors (Lipinski definition) is 4. The average Bonchev–Trinajstić information content (AvgIpc) is 2.42. The molecular formula is C12H9BrN2O5. The van der Waals surface area contributed by atoms with Crippen molar-refractivity contribution in [3.8, 4) is 11.4 Å². The van der Waals surface area contributed by atoms with Crippen LogP contribution in [0.3, 0.4) is 0 Å². The Labute approximate surface area is 120 Å². The summed E-state index contributed by atoms with van der Waals surface area (Å²) in [6.45, 7) is 0. The van der Waals surface area contributed by atoms with Crippen LogP contribution in [0.15, 0.2) is 38.3 Å². The van der Waals surface area contributed by atoms with Crippen molar-refractivity contribution in [3.05, 3.63) is 55.3 Å². The first kappa shape index (κ1) is 14.1. The maximum Gasteiger partial charge on any atom is 0.354 e. The first-order valence-electron chi connectivity index (χ1n) is 5.38. The molecule has 104 valence electrons. The zero-order chi connectivity index (χ0) is 14.9. The van der Waals surface area contributed by atoms with Gasteiger partial charge < -0.3 is 9.84 Å². The second-order valence-electron chi connectivity index (χ2n) is 3.76. The monoisotopic (exact) mass is 340 g/mol. The molecular weight excluding hydrogens is 332 g/mol. The fraction of sp³-hybridized carbons (Fsp3) is 0.0833. The topological polar surface area (TPSA) is 101 Å². The quantitative estimate of drug-likeness (QED) is 0.867. The van der Waals surface area contributed by atoms with Gasteiger partial charge in [0.1, 0.15) is 10.2 Å². The molecule has 0 aliphatic rings. The minimum atomic E-state index is -1.39. The van der Waals surface area contributed by atoms with E-state index in [0.29, 0.717) is 11.4 Å². The fourth-order valence-corrected chi connectivity index (χ4v) is 2.13. The van der Waals surface area contributed by atoms with Gasteiger partial charge in [0.25, 0.3) is 5.56 Å². The third kappa shape index (κ3) is 2.37. The Morgan fingerprint density at radius 3 is 2.40 bits per heavy atom. The summed E-state index contributed by atoms with van der Waals surface area (Å²) in [5, 5.41) is 9.19. The zero-order valence-electron chi connectivity index (χ0n) is 10.2. The second-order valence-corrected chi connectivity index (χ2v) is 4.55. The van der Waals surface area contributed by atoms with E-state index >= 15 is 0 Å². The van der Waals surface area contributed by atoms with Crippen LogP contribution in [-0.2, 0) is 0 Å². The van der Waals surface area contributed by atoms with Gasteiger partial charge in [0.15, 0.2) is 5.69 Å². The molecule has 0 saturated carbocycles. The first-order valence-corrected chi connectivity index (χ1v) is 6.17. The van der Waals surface area contributed by atoms with E-state index in [4.69, 9.17) is 4.74 Å². The highest BCUT2D eigenvalue weighted by atomic mass is 79.9. The van der Waals surface area contributed by atoms with Crippen LogP contribution in [0.1, 0.15) is 10.5 Å². The SMILES string of the molecule is COc1ccc(-n2c(C(=O)O)c(Br)c(=O)[nH]c2=O)cc1. The molecule has 20 heavy (non-hydrogen) atoms. The zero-order valence-corrected chi connectivity index (χ0v) is 11.8. The number of halogens is 1. The summed E-state index contributed by atoms with van der Waals surface area (Å²) in [6.07, 6.45) is 0. The number of benzene rings is 1. The molecule has 0 spiro atoms. The largest absolute Gasteiger partial charge is 0.497 e. The Morgan fingerprint density at radius 1 is 1.30 bits per heavy atom. The summed E-state index contributed by atoms with van der Waals surface area (Å²) < 4.78 is 5.66. The van der Waals surface area contributed by atoms with Crippen LogP contribution >= 0.6 is 15.9 Å². The van der Waals surface area contributed by atoms with Gasteiger partial charge in [0.2, 0.25) is 0 Å². The second kappa shape index (κ2) is 5.33. The van der Waals surface area contributed by atoms with Gasteiger partial charge >= 0.3 is 11.7 Å². The molecule has 0 saturated heterocycles. The van der Waals surface area contributed by atoms with Crippen LogP contribution in [0.25, 0.3) is 5.69 Å². The molecule has 8 heteroatoms. The molecule has 1 aromatic heterocycles. The molecule has 0 amide bonds. The number of rotatable bonds is 3. The van der Waals surface area contributed by atoms with Crippen molar-refractivity contribution in [1.82, 2.24) is 9.55 Å². The molecule has 7 nitrogen and oxygen atoms in total. The Hall–Kier alpha value is -2.35. The molecule has 0 fully saturated rings. The highest BCUT2D eigenvalue weighted by molar-refractivity contribution is 9.10. The molecule has 0 unspecified atom stereocenters. The fourth-order valence-electron chi connectivity index (χ4n) is 1.68. The van der Waals surface area contributed by atoms with E-state index in [1.807, 2.05) is 4.98 Å². The number of aromatic carboxylic acids is 1. The summed E-state index contributed by atoms with van der Waals surface area (Å²) in [4.78, 5) is 36.6. The van der Waals surface area contributed by atoms with E-state index in [1.54, 1.807) is 12.1 Å². The van der Waals surface area contributed by atoms with Gasteiger partial charge in [-0.25, -0.2) is 9.59 Å². The van der Waals surface area contributed by atoms with Crippen molar-refractivity contribution in [2.75, 3.05) is 7.11 Å². The lowest BCUT2D eigenvalue weighted by Gasteiger charge is -2.11. The van der Waals surface area contributed by atoms with Crippen molar-refractivity contribution in [3.63, 3.8) is 0 Å². The molecule has 0 bridgehead atoms. The van der Waals surface area contributed by atoms with Crippen LogP contribution in [0.5, 0.6) is 5.75 Å². The van der Waals surface area contributed by atoms with Crippen molar-refractivity contribution < 1.29 is 14.6 Å². The average molecular weight is 341 g/mol. The summed E-state index contributed by atoms with van der Waals surface area (Å²) in [5.41, 5.74) is -1.77.